The van der Waals surface area contributed by atoms with Crippen molar-refractivity contribution in [2.45, 2.75) is 69.9 Å². The normalized spacial score (nSPS) is 28.4. The molecule has 0 aliphatic carbocycles. The van der Waals surface area contributed by atoms with Gasteiger partial charge >= 0.3 is 12.1 Å². The Hall–Kier alpha value is -2.24. The topological polar surface area (TPSA) is 122 Å². The number of benzene rings is 1. The summed E-state index contributed by atoms with van der Waals surface area (Å²) in [5.41, 5.74) is 0.773. The Labute approximate surface area is 180 Å². The fourth-order valence-corrected chi connectivity index (χ4v) is 3.65. The van der Waals surface area contributed by atoms with Crippen LogP contribution in [0.3, 0.4) is 0 Å². The van der Waals surface area contributed by atoms with Crippen molar-refractivity contribution in [3.05, 3.63) is 35.9 Å². The molecule has 6 atom stereocenters. The number of methoxy groups -OCH3 is 1. The van der Waals surface area contributed by atoms with Crippen molar-refractivity contribution in [2.24, 2.45) is 0 Å². The Balaban J connectivity index is 1.70. The van der Waals surface area contributed by atoms with Crippen LogP contribution in [0.5, 0.6) is 0 Å². The Bertz CT molecular complexity index is 756. The number of aliphatic hydroxyl groups excluding tert-OH is 1. The molecule has 0 spiro atoms. The zero-order valence-corrected chi connectivity index (χ0v) is 18.0. The third-order valence-electron chi connectivity index (χ3n) is 4.98. The van der Waals surface area contributed by atoms with Crippen LogP contribution in [0.15, 0.2) is 30.3 Å². The molecule has 1 aromatic carbocycles. The summed E-state index contributed by atoms with van der Waals surface area (Å²) >= 11 is 0. The fourth-order valence-electron chi connectivity index (χ4n) is 3.65. The molecule has 2 saturated heterocycles. The number of alkyl carbamates (subject to hydrolysis) is 1. The predicted octanol–water partition coefficient (Wildman–Crippen LogP) is 1.10. The molecule has 10 nitrogen and oxygen atoms in total. The molecule has 3 rings (SSSR count). The fraction of sp³-hybridized carbons (Fsp3) is 0.619. The lowest BCUT2D eigenvalue weighted by Crippen LogP contribution is -2.56. The number of ether oxygens (including phenoxy) is 6. The number of carbonyl (C=O) groups excluding carboxylic acids is 2. The predicted molar refractivity (Wildman–Crippen MR) is 106 cm³/mol. The SMILES string of the molecule is CCOC(=O)[C@@H](NC(=O)OCc1ccccc1)[C@H](O)[C@H]1O[C@@H](OC)[C@@H]2OC(C)(C)O[C@H]12. The number of aliphatic hydroxyl groups is 1. The van der Waals surface area contributed by atoms with E-state index in [2.05, 4.69) is 5.32 Å². The molecule has 2 N–H and O–H groups in total. The minimum absolute atomic E-state index is 0.000168. The second kappa shape index (κ2) is 9.92. The average Bonchev–Trinajstić information content (AvgIpc) is 3.23. The summed E-state index contributed by atoms with van der Waals surface area (Å²) in [7, 11) is 1.44. The maximum atomic E-state index is 12.5. The average molecular weight is 439 g/mol. The lowest BCUT2D eigenvalue weighted by atomic mass is 10.00. The van der Waals surface area contributed by atoms with E-state index in [1.165, 1.54) is 7.11 Å². The van der Waals surface area contributed by atoms with Crippen LogP contribution < -0.4 is 5.32 Å². The molecule has 2 fully saturated rings. The number of hydrogen-bond acceptors (Lipinski definition) is 9. The summed E-state index contributed by atoms with van der Waals surface area (Å²) in [6, 6.07) is 7.61. The van der Waals surface area contributed by atoms with Crippen LogP contribution in [-0.2, 0) is 39.8 Å². The zero-order chi connectivity index (χ0) is 22.6. The van der Waals surface area contributed by atoms with E-state index in [9.17, 15) is 14.7 Å². The zero-order valence-electron chi connectivity index (χ0n) is 18.0. The molecular weight excluding hydrogens is 410 g/mol. The molecule has 0 bridgehead atoms. The van der Waals surface area contributed by atoms with Gasteiger partial charge in [0.25, 0.3) is 0 Å². The third kappa shape index (κ3) is 5.52. The van der Waals surface area contributed by atoms with Crippen LogP contribution in [0.4, 0.5) is 4.79 Å². The summed E-state index contributed by atoms with van der Waals surface area (Å²) in [6.07, 6.45) is -5.53. The summed E-state index contributed by atoms with van der Waals surface area (Å²) in [4.78, 5) is 24.8. The first kappa shape index (κ1) is 23.4. The molecule has 2 aliphatic heterocycles. The van der Waals surface area contributed by atoms with E-state index in [0.29, 0.717) is 0 Å². The Morgan fingerprint density at radius 3 is 2.48 bits per heavy atom. The van der Waals surface area contributed by atoms with E-state index in [-0.39, 0.29) is 13.2 Å². The van der Waals surface area contributed by atoms with Crippen LogP contribution >= 0.6 is 0 Å². The van der Waals surface area contributed by atoms with E-state index in [0.717, 1.165) is 5.56 Å². The maximum Gasteiger partial charge on any atom is 0.408 e. The first-order valence-electron chi connectivity index (χ1n) is 10.1. The van der Waals surface area contributed by atoms with Gasteiger partial charge in [-0.15, -0.1) is 0 Å². The van der Waals surface area contributed by atoms with Gasteiger partial charge in [0.2, 0.25) is 0 Å². The molecule has 0 saturated carbocycles. The maximum absolute atomic E-state index is 12.5. The minimum atomic E-state index is -1.51. The number of fused-ring (bicyclic) bond motifs is 1. The molecule has 0 aromatic heterocycles. The summed E-state index contributed by atoms with van der Waals surface area (Å²) < 4.78 is 32.9. The number of rotatable bonds is 8. The quantitative estimate of drug-likeness (QED) is 0.573. The molecule has 1 aromatic rings. The molecular formula is C21H29NO9. The third-order valence-corrected chi connectivity index (χ3v) is 4.98. The molecule has 0 unspecified atom stereocenters. The number of carbonyl (C=O) groups is 2. The van der Waals surface area contributed by atoms with Crippen LogP contribution in [0.1, 0.15) is 26.3 Å². The first-order valence-corrected chi connectivity index (χ1v) is 10.1. The number of amides is 1. The Morgan fingerprint density at radius 2 is 1.84 bits per heavy atom. The number of hydrogen-bond donors (Lipinski definition) is 2. The summed E-state index contributed by atoms with van der Waals surface area (Å²) in [5.74, 6) is -1.75. The Kier molecular flexibility index (Phi) is 7.50. The van der Waals surface area contributed by atoms with Gasteiger partial charge < -0.3 is 38.8 Å². The molecule has 172 valence electrons. The van der Waals surface area contributed by atoms with Gasteiger partial charge in [0.05, 0.1) is 6.61 Å². The van der Waals surface area contributed by atoms with Crippen molar-refractivity contribution in [1.82, 2.24) is 5.32 Å². The molecule has 1 amide bonds. The lowest BCUT2D eigenvalue weighted by molar-refractivity contribution is -0.238. The van der Waals surface area contributed by atoms with Crippen LogP contribution in [0.25, 0.3) is 0 Å². The van der Waals surface area contributed by atoms with Gasteiger partial charge in [0.1, 0.15) is 31.0 Å². The second-order valence-electron chi connectivity index (χ2n) is 7.70. The van der Waals surface area contributed by atoms with Gasteiger partial charge in [-0.1, -0.05) is 30.3 Å². The van der Waals surface area contributed by atoms with Gasteiger partial charge in [-0.05, 0) is 26.3 Å². The molecule has 2 aliphatic rings. The first-order chi connectivity index (χ1) is 14.8. The highest BCUT2D eigenvalue weighted by Gasteiger charge is 2.59. The van der Waals surface area contributed by atoms with E-state index in [1.54, 1.807) is 32.9 Å². The number of nitrogens with one attached hydrogen (secondary N) is 1. The van der Waals surface area contributed by atoms with Gasteiger partial charge in [-0.3, -0.25) is 0 Å². The molecule has 0 radical (unpaired) electrons. The smallest absolute Gasteiger partial charge is 0.408 e. The van der Waals surface area contributed by atoms with E-state index >= 15 is 0 Å². The van der Waals surface area contributed by atoms with Crippen molar-refractivity contribution in [3.63, 3.8) is 0 Å². The largest absolute Gasteiger partial charge is 0.464 e. The van der Waals surface area contributed by atoms with Gasteiger partial charge in [0, 0.05) is 7.11 Å². The van der Waals surface area contributed by atoms with Gasteiger partial charge in [0.15, 0.2) is 18.1 Å². The van der Waals surface area contributed by atoms with Crippen molar-refractivity contribution >= 4 is 12.1 Å². The van der Waals surface area contributed by atoms with Gasteiger partial charge in [-0.25, -0.2) is 9.59 Å². The summed E-state index contributed by atoms with van der Waals surface area (Å²) in [6.45, 7) is 5.13. The van der Waals surface area contributed by atoms with Crippen molar-refractivity contribution in [2.75, 3.05) is 13.7 Å². The lowest BCUT2D eigenvalue weighted by Gasteiger charge is -2.29. The van der Waals surface area contributed by atoms with Gasteiger partial charge in [-0.2, -0.15) is 0 Å². The Morgan fingerprint density at radius 1 is 1.16 bits per heavy atom. The van der Waals surface area contributed by atoms with Crippen LogP contribution in [-0.4, -0.2) is 73.4 Å². The second-order valence-corrected chi connectivity index (χ2v) is 7.70. The van der Waals surface area contributed by atoms with Crippen molar-refractivity contribution in [3.8, 4) is 0 Å². The number of esters is 1. The van der Waals surface area contributed by atoms with E-state index < -0.39 is 54.6 Å². The highest BCUT2D eigenvalue weighted by Crippen LogP contribution is 2.40. The van der Waals surface area contributed by atoms with Crippen LogP contribution in [0, 0.1) is 0 Å². The van der Waals surface area contributed by atoms with Crippen molar-refractivity contribution < 1.29 is 43.1 Å². The monoisotopic (exact) mass is 439 g/mol. The highest BCUT2D eigenvalue weighted by molar-refractivity contribution is 5.82. The molecule has 2 heterocycles. The van der Waals surface area contributed by atoms with Crippen molar-refractivity contribution in [1.29, 1.82) is 0 Å². The van der Waals surface area contributed by atoms with Crippen LogP contribution in [0.2, 0.25) is 0 Å². The summed E-state index contributed by atoms with van der Waals surface area (Å²) in [5, 5.41) is 13.4. The highest BCUT2D eigenvalue weighted by atomic mass is 16.8. The standard InChI is InChI=1S/C21H29NO9/c1-5-27-18(24)13(22-20(25)28-11-12-9-7-6-8-10-12)14(23)15-16-17(19(26-4)29-15)31-21(2,3)30-16/h6-10,13-17,19,23H,5,11H2,1-4H3,(H,22,25)/t13-,14-,15+,16+,17+,19+/m0/s1. The molecule has 31 heavy (non-hydrogen) atoms. The molecule has 10 heteroatoms. The van der Waals surface area contributed by atoms with E-state index in [1.807, 2.05) is 18.2 Å². The minimum Gasteiger partial charge on any atom is -0.464 e. The van der Waals surface area contributed by atoms with E-state index in [4.69, 9.17) is 28.4 Å².